The minimum Gasteiger partial charge on any atom is -0.495 e. The Kier molecular flexibility index (Phi) is 6.39. The van der Waals surface area contributed by atoms with Gasteiger partial charge in [0, 0.05) is 16.6 Å². The van der Waals surface area contributed by atoms with E-state index in [-0.39, 0.29) is 17.1 Å². The van der Waals surface area contributed by atoms with Crippen molar-refractivity contribution < 1.29 is 22.9 Å². The third kappa shape index (κ3) is 5.17. The van der Waals surface area contributed by atoms with Gasteiger partial charge in [-0.1, -0.05) is 12.1 Å². The van der Waals surface area contributed by atoms with Gasteiger partial charge in [0.25, 0.3) is 5.69 Å². The van der Waals surface area contributed by atoms with E-state index in [0.717, 1.165) is 16.6 Å². The van der Waals surface area contributed by atoms with Gasteiger partial charge in [-0.3, -0.25) is 19.2 Å². The molecular formula is C16H16BrN3O6S. The van der Waals surface area contributed by atoms with Gasteiger partial charge in [0.15, 0.2) is 0 Å². The van der Waals surface area contributed by atoms with Crippen LogP contribution in [0.4, 0.5) is 17.1 Å². The molecule has 2 rings (SSSR count). The topological polar surface area (TPSA) is 119 Å². The normalized spacial score (nSPS) is 10.9. The number of hydrogen-bond donors (Lipinski definition) is 1. The number of para-hydroxylation sites is 1. The van der Waals surface area contributed by atoms with E-state index in [0.29, 0.717) is 10.2 Å². The van der Waals surface area contributed by atoms with Gasteiger partial charge in [-0.2, -0.15) is 0 Å². The van der Waals surface area contributed by atoms with Crippen molar-refractivity contribution in [3.63, 3.8) is 0 Å². The highest BCUT2D eigenvalue weighted by molar-refractivity contribution is 9.10. The number of sulfonamides is 1. The van der Waals surface area contributed by atoms with Crippen LogP contribution in [0, 0.1) is 10.1 Å². The number of benzene rings is 2. The van der Waals surface area contributed by atoms with Crippen LogP contribution in [0.1, 0.15) is 0 Å². The number of nitro groups is 1. The highest BCUT2D eigenvalue weighted by Gasteiger charge is 2.23. The Morgan fingerprint density at radius 3 is 2.52 bits per heavy atom. The summed E-state index contributed by atoms with van der Waals surface area (Å²) in [7, 11) is -2.41. The van der Waals surface area contributed by atoms with Crippen molar-refractivity contribution in [2.45, 2.75) is 0 Å². The number of carbonyl (C=O) groups excluding carboxylic acids is 1. The molecule has 0 saturated heterocycles. The van der Waals surface area contributed by atoms with E-state index in [1.165, 1.54) is 19.2 Å². The van der Waals surface area contributed by atoms with Crippen molar-refractivity contribution in [1.82, 2.24) is 0 Å². The fourth-order valence-corrected chi connectivity index (χ4v) is 3.75. The lowest BCUT2D eigenvalue weighted by molar-refractivity contribution is -0.384. The number of nitro benzene ring substituents is 1. The predicted octanol–water partition coefficient (Wildman–Crippen LogP) is 2.77. The molecule has 0 aliphatic rings. The summed E-state index contributed by atoms with van der Waals surface area (Å²) in [5, 5.41) is 13.4. The zero-order chi connectivity index (χ0) is 20.2. The minimum absolute atomic E-state index is 0.0669. The number of ether oxygens (including phenoxy) is 1. The van der Waals surface area contributed by atoms with Crippen LogP contribution in [0.3, 0.4) is 0 Å². The van der Waals surface area contributed by atoms with Crippen molar-refractivity contribution in [2.24, 2.45) is 0 Å². The number of carbonyl (C=O) groups is 1. The van der Waals surface area contributed by atoms with Crippen LogP contribution in [-0.4, -0.2) is 39.2 Å². The zero-order valence-corrected chi connectivity index (χ0v) is 16.8. The standard InChI is InChI=1S/C16H16BrN3O6S/c1-26-15-8-7-11(20(22)23)9-13(15)18-16(21)10-19(27(2,24)25)14-6-4-3-5-12(14)17/h3-9H,10H2,1-2H3,(H,18,21). The van der Waals surface area contributed by atoms with Gasteiger partial charge in [-0.25, -0.2) is 8.42 Å². The first kappa shape index (κ1) is 20.6. The molecule has 1 N–H and O–H groups in total. The number of anilines is 2. The minimum atomic E-state index is -3.76. The average Bonchev–Trinajstić information content (AvgIpc) is 2.59. The first-order chi connectivity index (χ1) is 12.6. The number of rotatable bonds is 7. The average molecular weight is 458 g/mol. The highest BCUT2D eigenvalue weighted by atomic mass is 79.9. The summed E-state index contributed by atoms with van der Waals surface area (Å²) in [6, 6.07) is 10.3. The molecule has 0 saturated carbocycles. The second-order valence-corrected chi connectivity index (χ2v) is 8.17. The Hall–Kier alpha value is -2.66. The van der Waals surface area contributed by atoms with Crippen LogP contribution in [-0.2, 0) is 14.8 Å². The highest BCUT2D eigenvalue weighted by Crippen LogP contribution is 2.30. The van der Waals surface area contributed by atoms with E-state index < -0.39 is 27.4 Å². The van der Waals surface area contributed by atoms with Crippen LogP contribution < -0.4 is 14.4 Å². The molecule has 2 aromatic rings. The lowest BCUT2D eigenvalue weighted by atomic mass is 10.2. The van der Waals surface area contributed by atoms with Gasteiger partial charge < -0.3 is 10.1 Å². The molecule has 0 aliphatic heterocycles. The number of methoxy groups -OCH3 is 1. The second-order valence-electron chi connectivity index (χ2n) is 5.41. The second kappa shape index (κ2) is 8.35. The molecule has 0 atom stereocenters. The van der Waals surface area contributed by atoms with Gasteiger partial charge >= 0.3 is 0 Å². The Morgan fingerprint density at radius 2 is 1.96 bits per heavy atom. The molecule has 0 heterocycles. The summed E-state index contributed by atoms with van der Waals surface area (Å²) in [4.78, 5) is 22.8. The molecular weight excluding hydrogens is 442 g/mol. The predicted molar refractivity (Wildman–Crippen MR) is 105 cm³/mol. The van der Waals surface area contributed by atoms with Crippen molar-refractivity contribution in [1.29, 1.82) is 0 Å². The molecule has 27 heavy (non-hydrogen) atoms. The maximum atomic E-state index is 12.4. The van der Waals surface area contributed by atoms with Crippen molar-refractivity contribution in [2.75, 3.05) is 29.5 Å². The molecule has 0 spiro atoms. The number of nitrogens with zero attached hydrogens (tertiary/aromatic N) is 2. The molecule has 1 amide bonds. The summed E-state index contributed by atoms with van der Waals surface area (Å²) in [6.45, 7) is -0.521. The van der Waals surface area contributed by atoms with E-state index in [9.17, 15) is 23.3 Å². The van der Waals surface area contributed by atoms with E-state index in [4.69, 9.17) is 4.74 Å². The number of nitrogens with one attached hydrogen (secondary N) is 1. The van der Waals surface area contributed by atoms with Crippen molar-refractivity contribution >= 4 is 48.9 Å². The Labute approximate surface area is 164 Å². The van der Waals surface area contributed by atoms with E-state index in [1.54, 1.807) is 24.3 Å². The number of non-ortho nitro benzene ring substituents is 1. The molecule has 0 fully saturated rings. The quantitative estimate of drug-likeness (QED) is 0.504. The summed E-state index contributed by atoms with van der Waals surface area (Å²) >= 11 is 3.26. The van der Waals surface area contributed by atoms with Gasteiger partial charge in [0.1, 0.15) is 12.3 Å². The first-order valence-corrected chi connectivity index (χ1v) is 10.1. The zero-order valence-electron chi connectivity index (χ0n) is 14.4. The van der Waals surface area contributed by atoms with Crippen LogP contribution in [0.5, 0.6) is 5.75 Å². The SMILES string of the molecule is COc1ccc([N+](=O)[O-])cc1NC(=O)CN(c1ccccc1Br)S(C)(=O)=O. The largest absolute Gasteiger partial charge is 0.495 e. The Morgan fingerprint density at radius 1 is 1.30 bits per heavy atom. The van der Waals surface area contributed by atoms with E-state index in [2.05, 4.69) is 21.2 Å². The van der Waals surface area contributed by atoms with Crippen LogP contribution >= 0.6 is 15.9 Å². The summed E-state index contributed by atoms with van der Waals surface area (Å²) in [5.74, 6) is -0.476. The molecule has 9 nitrogen and oxygen atoms in total. The molecule has 0 bridgehead atoms. The summed E-state index contributed by atoms with van der Waals surface area (Å²) in [5.41, 5.74) is 0.121. The fraction of sp³-hybridized carbons (Fsp3) is 0.188. The Balaban J connectivity index is 2.31. The summed E-state index contributed by atoms with van der Waals surface area (Å²) in [6.07, 6.45) is 0.980. The number of hydrogen-bond acceptors (Lipinski definition) is 6. The number of amides is 1. The molecule has 2 aromatic carbocycles. The van der Waals surface area contributed by atoms with Crippen molar-refractivity contribution in [3.05, 3.63) is 57.1 Å². The maximum absolute atomic E-state index is 12.4. The first-order valence-electron chi connectivity index (χ1n) is 7.48. The monoisotopic (exact) mass is 457 g/mol. The fourth-order valence-electron chi connectivity index (χ4n) is 2.26. The lowest BCUT2D eigenvalue weighted by Crippen LogP contribution is -2.37. The molecule has 11 heteroatoms. The molecule has 0 unspecified atom stereocenters. The van der Waals surface area contributed by atoms with Crippen LogP contribution in [0.25, 0.3) is 0 Å². The van der Waals surface area contributed by atoms with Crippen LogP contribution in [0.15, 0.2) is 46.9 Å². The van der Waals surface area contributed by atoms with Gasteiger partial charge in [-0.05, 0) is 34.1 Å². The molecule has 0 radical (unpaired) electrons. The Bertz CT molecular complexity index is 980. The van der Waals surface area contributed by atoms with E-state index in [1.807, 2.05) is 0 Å². The van der Waals surface area contributed by atoms with E-state index >= 15 is 0 Å². The molecule has 0 aromatic heterocycles. The third-order valence-electron chi connectivity index (χ3n) is 3.48. The lowest BCUT2D eigenvalue weighted by Gasteiger charge is -2.23. The third-order valence-corrected chi connectivity index (χ3v) is 5.27. The summed E-state index contributed by atoms with van der Waals surface area (Å²) < 4.78 is 30.8. The maximum Gasteiger partial charge on any atom is 0.271 e. The van der Waals surface area contributed by atoms with Gasteiger partial charge in [0.2, 0.25) is 15.9 Å². The van der Waals surface area contributed by atoms with Crippen molar-refractivity contribution in [3.8, 4) is 5.75 Å². The van der Waals surface area contributed by atoms with Crippen LogP contribution in [0.2, 0.25) is 0 Å². The molecule has 0 aliphatic carbocycles. The van der Waals surface area contributed by atoms with Gasteiger partial charge in [0.05, 0.1) is 29.7 Å². The van der Waals surface area contributed by atoms with Gasteiger partial charge in [-0.15, -0.1) is 0 Å². The smallest absolute Gasteiger partial charge is 0.271 e. The molecule has 144 valence electrons. The number of halogens is 1.